The van der Waals surface area contributed by atoms with Crippen molar-refractivity contribution in [1.82, 2.24) is 20.1 Å². The third-order valence-corrected chi connectivity index (χ3v) is 4.39. The van der Waals surface area contributed by atoms with Crippen LogP contribution < -0.4 is 5.32 Å². The lowest BCUT2D eigenvalue weighted by molar-refractivity contribution is 0.358. The molecule has 3 rings (SSSR count). The summed E-state index contributed by atoms with van der Waals surface area (Å²) in [6.45, 7) is 3.74. The minimum absolute atomic E-state index is 0.472. The van der Waals surface area contributed by atoms with Gasteiger partial charge in [-0.05, 0) is 25.5 Å². The molecule has 1 atom stereocenters. The molecule has 0 fully saturated rings. The quantitative estimate of drug-likeness (QED) is 0.940. The summed E-state index contributed by atoms with van der Waals surface area (Å²) >= 11 is 7.55. The van der Waals surface area contributed by atoms with Crippen LogP contribution in [0.4, 0.5) is 0 Å². The molecule has 0 aliphatic carbocycles. The highest BCUT2D eigenvalue weighted by Crippen LogP contribution is 2.21. The van der Waals surface area contributed by atoms with Crippen molar-refractivity contribution in [3.05, 3.63) is 33.0 Å². The molecule has 18 heavy (non-hydrogen) atoms. The molecule has 2 aromatic rings. The molecule has 0 saturated heterocycles. The molecular formula is C12H15ClN4S. The Kier molecular flexibility index (Phi) is 3.37. The van der Waals surface area contributed by atoms with Gasteiger partial charge >= 0.3 is 0 Å². The van der Waals surface area contributed by atoms with Gasteiger partial charge in [0.25, 0.3) is 0 Å². The van der Waals surface area contributed by atoms with Crippen LogP contribution in [0.15, 0.2) is 12.1 Å². The van der Waals surface area contributed by atoms with E-state index in [0.29, 0.717) is 6.04 Å². The molecule has 0 radical (unpaired) electrons. The molecule has 1 aliphatic heterocycles. The Hall–Kier alpha value is -0.910. The van der Waals surface area contributed by atoms with Crippen molar-refractivity contribution in [2.75, 3.05) is 0 Å². The van der Waals surface area contributed by atoms with E-state index in [2.05, 4.69) is 21.5 Å². The fraction of sp³-hybridized carbons (Fsp3) is 0.500. The van der Waals surface area contributed by atoms with Crippen LogP contribution in [-0.2, 0) is 19.5 Å². The van der Waals surface area contributed by atoms with Gasteiger partial charge in [-0.25, -0.2) is 9.67 Å². The van der Waals surface area contributed by atoms with Crippen LogP contribution in [0.25, 0.3) is 0 Å². The number of hydrogen-bond acceptors (Lipinski definition) is 4. The van der Waals surface area contributed by atoms with Crippen LogP contribution in [0.2, 0.25) is 4.34 Å². The molecule has 1 aliphatic rings. The number of rotatable bonds is 3. The molecule has 0 aromatic carbocycles. The number of aryl methyl sites for hydroxylation is 2. The molecule has 0 spiro atoms. The maximum Gasteiger partial charge on any atom is 0.147 e. The molecule has 6 heteroatoms. The Labute approximate surface area is 115 Å². The van der Waals surface area contributed by atoms with Crippen molar-refractivity contribution in [3.63, 3.8) is 0 Å². The van der Waals surface area contributed by atoms with Crippen molar-refractivity contribution in [2.24, 2.45) is 0 Å². The van der Waals surface area contributed by atoms with E-state index in [0.717, 1.165) is 41.9 Å². The zero-order chi connectivity index (χ0) is 12.5. The molecule has 4 nitrogen and oxygen atoms in total. The molecule has 3 heterocycles. The van der Waals surface area contributed by atoms with E-state index in [9.17, 15) is 0 Å². The van der Waals surface area contributed by atoms with Crippen molar-refractivity contribution in [3.8, 4) is 0 Å². The fourth-order valence-corrected chi connectivity index (χ4v) is 3.33. The lowest BCUT2D eigenvalue weighted by atomic mass is 10.1. The maximum absolute atomic E-state index is 5.92. The molecule has 0 bridgehead atoms. The van der Waals surface area contributed by atoms with E-state index in [1.807, 2.05) is 17.7 Å². The first kappa shape index (κ1) is 12.1. The topological polar surface area (TPSA) is 42.7 Å². The monoisotopic (exact) mass is 282 g/mol. The SMILES string of the molecule is Cc1nc2n(n1)C[C@H](NCc1ccc(Cl)s1)CC2. The van der Waals surface area contributed by atoms with E-state index in [1.54, 1.807) is 11.3 Å². The summed E-state index contributed by atoms with van der Waals surface area (Å²) in [4.78, 5) is 5.69. The summed E-state index contributed by atoms with van der Waals surface area (Å²) in [7, 11) is 0. The lowest BCUT2D eigenvalue weighted by Gasteiger charge is -2.23. The molecule has 1 N–H and O–H groups in total. The van der Waals surface area contributed by atoms with Gasteiger partial charge in [-0.1, -0.05) is 11.6 Å². The van der Waals surface area contributed by atoms with Gasteiger partial charge in [0.2, 0.25) is 0 Å². The summed E-state index contributed by atoms with van der Waals surface area (Å²) in [6, 6.07) is 4.50. The summed E-state index contributed by atoms with van der Waals surface area (Å²) < 4.78 is 2.88. The van der Waals surface area contributed by atoms with Crippen LogP contribution in [0, 0.1) is 6.92 Å². The van der Waals surface area contributed by atoms with E-state index in [4.69, 9.17) is 11.6 Å². The minimum atomic E-state index is 0.472. The highest BCUT2D eigenvalue weighted by atomic mass is 35.5. The number of aromatic nitrogens is 3. The van der Waals surface area contributed by atoms with Crippen molar-refractivity contribution < 1.29 is 0 Å². The van der Waals surface area contributed by atoms with E-state index in [-0.39, 0.29) is 0 Å². The smallest absolute Gasteiger partial charge is 0.147 e. The molecular weight excluding hydrogens is 268 g/mol. The van der Waals surface area contributed by atoms with Gasteiger partial charge < -0.3 is 5.32 Å². The molecule has 96 valence electrons. The molecule has 2 aromatic heterocycles. The van der Waals surface area contributed by atoms with Gasteiger partial charge in [-0.3, -0.25) is 0 Å². The number of halogens is 1. The molecule has 0 saturated carbocycles. The van der Waals surface area contributed by atoms with Crippen LogP contribution >= 0.6 is 22.9 Å². The number of hydrogen-bond donors (Lipinski definition) is 1. The highest BCUT2D eigenvalue weighted by Gasteiger charge is 2.20. The van der Waals surface area contributed by atoms with E-state index >= 15 is 0 Å². The van der Waals surface area contributed by atoms with Gasteiger partial charge in [0.1, 0.15) is 11.6 Å². The highest BCUT2D eigenvalue weighted by molar-refractivity contribution is 7.16. The predicted molar refractivity (Wildman–Crippen MR) is 73.0 cm³/mol. The average molecular weight is 283 g/mol. The second-order valence-corrected chi connectivity index (χ2v) is 6.38. The van der Waals surface area contributed by atoms with Crippen molar-refractivity contribution in [2.45, 2.75) is 38.9 Å². The maximum atomic E-state index is 5.92. The first-order valence-electron chi connectivity index (χ1n) is 6.08. The van der Waals surface area contributed by atoms with Crippen molar-refractivity contribution in [1.29, 1.82) is 0 Å². The average Bonchev–Trinajstić information content (AvgIpc) is 2.90. The Bertz CT molecular complexity index is 548. The lowest BCUT2D eigenvalue weighted by Crippen LogP contribution is -2.37. The summed E-state index contributed by atoms with van der Waals surface area (Å²) in [5.74, 6) is 1.99. The number of nitrogens with zero attached hydrogens (tertiary/aromatic N) is 3. The van der Waals surface area contributed by atoms with Crippen LogP contribution in [-0.4, -0.2) is 20.8 Å². The summed E-state index contributed by atoms with van der Waals surface area (Å²) in [5.41, 5.74) is 0. The van der Waals surface area contributed by atoms with Gasteiger partial charge in [0, 0.05) is 23.9 Å². The third-order valence-electron chi connectivity index (χ3n) is 3.16. The third kappa shape index (κ3) is 2.58. The van der Waals surface area contributed by atoms with Gasteiger partial charge in [0.15, 0.2) is 0 Å². The minimum Gasteiger partial charge on any atom is -0.307 e. The number of fused-ring (bicyclic) bond motifs is 1. The second-order valence-electron chi connectivity index (χ2n) is 4.58. The number of nitrogens with one attached hydrogen (secondary N) is 1. The van der Waals surface area contributed by atoms with Crippen LogP contribution in [0.5, 0.6) is 0 Å². The largest absolute Gasteiger partial charge is 0.307 e. The summed E-state index contributed by atoms with van der Waals surface area (Å²) in [5, 5.41) is 7.97. The van der Waals surface area contributed by atoms with Crippen LogP contribution in [0.1, 0.15) is 22.9 Å². The Morgan fingerprint density at radius 1 is 1.56 bits per heavy atom. The second kappa shape index (κ2) is 4.99. The summed E-state index contributed by atoms with van der Waals surface area (Å²) in [6.07, 6.45) is 2.13. The van der Waals surface area contributed by atoms with Gasteiger partial charge in [-0.2, -0.15) is 5.10 Å². The number of thiophene rings is 1. The Balaban J connectivity index is 1.59. The zero-order valence-corrected chi connectivity index (χ0v) is 11.8. The fourth-order valence-electron chi connectivity index (χ4n) is 2.29. The first-order valence-corrected chi connectivity index (χ1v) is 7.28. The van der Waals surface area contributed by atoms with Crippen molar-refractivity contribution >= 4 is 22.9 Å². The Morgan fingerprint density at radius 3 is 3.22 bits per heavy atom. The first-order chi connectivity index (χ1) is 8.70. The van der Waals surface area contributed by atoms with E-state index < -0.39 is 0 Å². The zero-order valence-electron chi connectivity index (χ0n) is 10.2. The molecule has 0 unspecified atom stereocenters. The predicted octanol–water partition coefficient (Wildman–Crippen LogP) is 2.41. The van der Waals surface area contributed by atoms with Gasteiger partial charge in [0.05, 0.1) is 10.9 Å². The Morgan fingerprint density at radius 2 is 2.44 bits per heavy atom. The standard InChI is InChI=1S/C12H15ClN4S/c1-8-15-12-5-2-9(7-17(12)16-8)14-6-10-3-4-11(13)18-10/h3-4,9,14H,2,5-7H2,1H3/t9-/m1/s1. The van der Waals surface area contributed by atoms with Gasteiger partial charge in [-0.15, -0.1) is 11.3 Å². The molecule has 0 amide bonds. The van der Waals surface area contributed by atoms with E-state index in [1.165, 1.54) is 4.88 Å². The normalized spacial score (nSPS) is 18.9. The van der Waals surface area contributed by atoms with Crippen LogP contribution in [0.3, 0.4) is 0 Å².